The summed E-state index contributed by atoms with van der Waals surface area (Å²) in [6.45, 7) is 10.9. The number of hydrogen-bond donors (Lipinski definition) is 1. The predicted octanol–water partition coefficient (Wildman–Crippen LogP) is 6.45. The highest BCUT2D eigenvalue weighted by atomic mass is 32.2. The third kappa shape index (κ3) is 28.2. The predicted molar refractivity (Wildman–Crippen MR) is 120 cm³/mol. The molecule has 0 radical (unpaired) electrons. The Kier molecular flexibility index (Phi) is 25.7. The zero-order valence-corrected chi connectivity index (χ0v) is 19.7. The van der Waals surface area contributed by atoms with E-state index in [1.807, 2.05) is 6.92 Å². The topological polar surface area (TPSA) is 55.4 Å². The normalized spacial score (nSPS) is 11.3. The second kappa shape index (κ2) is 23.9. The lowest BCUT2D eigenvalue weighted by Gasteiger charge is -2.04. The van der Waals surface area contributed by atoms with E-state index in [9.17, 15) is 8.42 Å². The Morgan fingerprint density at radius 1 is 0.593 bits per heavy atom. The second-order valence-electron chi connectivity index (χ2n) is 7.31. The molecule has 0 aromatic heterocycles. The molecule has 0 atom stereocenters. The van der Waals surface area contributed by atoms with E-state index in [1.54, 1.807) is 6.92 Å². The van der Waals surface area contributed by atoms with Gasteiger partial charge in [-0.2, -0.15) is 8.42 Å². The average Bonchev–Trinajstić information content (AvgIpc) is 2.64. The van der Waals surface area contributed by atoms with E-state index in [4.69, 9.17) is 0 Å². The van der Waals surface area contributed by atoms with Crippen LogP contribution in [0.3, 0.4) is 0 Å². The summed E-state index contributed by atoms with van der Waals surface area (Å²) in [4.78, 5) is 0. The zero-order valence-electron chi connectivity index (χ0n) is 18.9. The molecule has 166 valence electrons. The number of nitrogens with one attached hydrogen (secondary N) is 1. The van der Waals surface area contributed by atoms with Crippen LogP contribution >= 0.6 is 0 Å². The highest BCUT2D eigenvalue weighted by molar-refractivity contribution is 7.86. The number of rotatable bonds is 19. The average molecular weight is 408 g/mol. The molecule has 0 amide bonds. The van der Waals surface area contributed by atoms with E-state index in [0.29, 0.717) is 6.42 Å². The maximum atomic E-state index is 10.8. The smallest absolute Gasteiger partial charge is 0.267 e. The fraction of sp³-hybridized carbons (Fsp3) is 1.00. The molecule has 5 heteroatoms. The van der Waals surface area contributed by atoms with E-state index in [1.165, 1.54) is 90.1 Å². The molecular formula is C22H49NO3S. The maximum Gasteiger partial charge on any atom is 0.267 e. The van der Waals surface area contributed by atoms with Crippen molar-refractivity contribution in [3.8, 4) is 0 Å². The van der Waals surface area contributed by atoms with Crippen molar-refractivity contribution in [3.63, 3.8) is 0 Å². The lowest BCUT2D eigenvalue weighted by Crippen LogP contribution is -2.16. The molecule has 0 aromatic rings. The third-order valence-corrected chi connectivity index (χ3v) is 5.84. The Balaban J connectivity index is 0. The van der Waals surface area contributed by atoms with Crippen molar-refractivity contribution in [1.29, 1.82) is 0 Å². The summed E-state index contributed by atoms with van der Waals surface area (Å²) in [5.41, 5.74) is 0. The molecule has 0 aromatic carbocycles. The third-order valence-electron chi connectivity index (χ3n) is 4.46. The van der Waals surface area contributed by atoms with Crippen molar-refractivity contribution in [2.75, 3.05) is 25.4 Å². The van der Waals surface area contributed by atoms with E-state index in [2.05, 4.69) is 23.3 Å². The summed E-state index contributed by atoms with van der Waals surface area (Å²) in [6.07, 6.45) is 18.5. The Bertz CT molecular complexity index is 345. The highest BCUT2D eigenvalue weighted by Crippen LogP contribution is 2.05. The van der Waals surface area contributed by atoms with Crippen molar-refractivity contribution in [2.45, 2.75) is 118 Å². The summed E-state index contributed by atoms with van der Waals surface area (Å²) in [5, 5.41) is 3.57. The molecule has 27 heavy (non-hydrogen) atoms. The van der Waals surface area contributed by atoms with Crippen LogP contribution in [0.5, 0.6) is 0 Å². The molecule has 0 spiro atoms. The lowest BCUT2D eigenvalue weighted by molar-refractivity contribution is 0.337. The molecule has 0 bridgehead atoms. The summed E-state index contributed by atoms with van der Waals surface area (Å²) in [6, 6.07) is 0. The van der Waals surface area contributed by atoms with Gasteiger partial charge in [0, 0.05) is 0 Å². The van der Waals surface area contributed by atoms with Crippen LogP contribution in [-0.4, -0.2) is 33.9 Å². The Hall–Kier alpha value is -0.130. The van der Waals surface area contributed by atoms with E-state index < -0.39 is 10.1 Å². The molecule has 0 fully saturated rings. The molecule has 0 aliphatic carbocycles. The molecule has 0 aliphatic rings. The number of unbranched alkanes of at least 4 members (excludes halogenated alkanes) is 11. The van der Waals surface area contributed by atoms with Crippen LogP contribution in [-0.2, 0) is 14.3 Å². The first-order valence-corrected chi connectivity index (χ1v) is 13.2. The molecule has 4 nitrogen and oxygen atoms in total. The monoisotopic (exact) mass is 407 g/mol. The van der Waals surface area contributed by atoms with E-state index in [0.717, 1.165) is 6.42 Å². The SMILES string of the molecule is CCCCCCCCNCCCCCCCC.CCCCS(=O)(=O)OCC. The molecule has 0 saturated carbocycles. The highest BCUT2D eigenvalue weighted by Gasteiger charge is 2.07. The molecule has 0 unspecified atom stereocenters. The molecule has 0 heterocycles. The van der Waals surface area contributed by atoms with Gasteiger partial charge in [0.25, 0.3) is 10.1 Å². The largest absolute Gasteiger partial charge is 0.317 e. The minimum Gasteiger partial charge on any atom is -0.317 e. The van der Waals surface area contributed by atoms with E-state index in [-0.39, 0.29) is 12.4 Å². The molecule has 0 rings (SSSR count). The zero-order chi connectivity index (χ0) is 20.6. The van der Waals surface area contributed by atoms with Gasteiger partial charge in [-0.3, -0.25) is 4.18 Å². The molecule has 0 aliphatic heterocycles. The van der Waals surface area contributed by atoms with Crippen LogP contribution in [0.2, 0.25) is 0 Å². The minimum absolute atomic E-state index is 0.150. The number of hydrogen-bond acceptors (Lipinski definition) is 4. The van der Waals surface area contributed by atoms with Gasteiger partial charge in [-0.25, -0.2) is 0 Å². The maximum absolute atomic E-state index is 10.8. The first-order chi connectivity index (χ1) is 13.0. The first kappa shape index (κ1) is 29.1. The Morgan fingerprint density at radius 2 is 1.00 bits per heavy atom. The fourth-order valence-corrected chi connectivity index (χ4v) is 3.86. The standard InChI is InChI=1S/C16H35N.C6H14O3S/c1-3-5-7-9-11-13-15-17-16-14-12-10-8-6-4-2;1-3-5-6-10(7,8)9-4-2/h17H,3-16H2,1-2H3;3-6H2,1-2H3. The van der Waals surface area contributed by atoms with Gasteiger partial charge in [0.05, 0.1) is 12.4 Å². The summed E-state index contributed by atoms with van der Waals surface area (Å²) in [7, 11) is -3.19. The van der Waals surface area contributed by atoms with Crippen molar-refractivity contribution in [3.05, 3.63) is 0 Å². The van der Waals surface area contributed by atoms with Crippen LogP contribution in [0.1, 0.15) is 118 Å². The van der Waals surface area contributed by atoms with Gasteiger partial charge in [-0.15, -0.1) is 0 Å². The quantitative estimate of drug-likeness (QED) is 0.197. The van der Waals surface area contributed by atoms with Crippen molar-refractivity contribution in [2.24, 2.45) is 0 Å². The fourth-order valence-electron chi connectivity index (χ4n) is 2.75. The molecule has 1 N–H and O–H groups in total. The van der Waals surface area contributed by atoms with Gasteiger partial charge in [-0.1, -0.05) is 91.4 Å². The molecule has 0 saturated heterocycles. The lowest BCUT2D eigenvalue weighted by atomic mass is 10.1. The van der Waals surface area contributed by atoms with Crippen LogP contribution < -0.4 is 5.32 Å². The van der Waals surface area contributed by atoms with E-state index >= 15 is 0 Å². The van der Waals surface area contributed by atoms with Gasteiger partial charge < -0.3 is 5.32 Å². The second-order valence-corrected chi connectivity index (χ2v) is 9.07. The van der Waals surface area contributed by atoms with Gasteiger partial charge in [-0.05, 0) is 39.3 Å². The van der Waals surface area contributed by atoms with Crippen LogP contribution in [0.25, 0.3) is 0 Å². The van der Waals surface area contributed by atoms with Crippen LogP contribution in [0.15, 0.2) is 0 Å². The van der Waals surface area contributed by atoms with Crippen molar-refractivity contribution < 1.29 is 12.6 Å². The Labute approximate surface area is 171 Å². The van der Waals surface area contributed by atoms with Crippen molar-refractivity contribution >= 4 is 10.1 Å². The van der Waals surface area contributed by atoms with Gasteiger partial charge in [0.1, 0.15) is 0 Å². The summed E-state index contributed by atoms with van der Waals surface area (Å²) in [5.74, 6) is 0.150. The first-order valence-electron chi connectivity index (χ1n) is 11.6. The van der Waals surface area contributed by atoms with Gasteiger partial charge in [0.15, 0.2) is 0 Å². The van der Waals surface area contributed by atoms with Gasteiger partial charge in [0.2, 0.25) is 0 Å². The minimum atomic E-state index is -3.19. The summed E-state index contributed by atoms with van der Waals surface area (Å²) >= 11 is 0. The van der Waals surface area contributed by atoms with Gasteiger partial charge >= 0.3 is 0 Å². The molecular weight excluding hydrogens is 358 g/mol. The summed E-state index contributed by atoms with van der Waals surface area (Å²) < 4.78 is 26.0. The van der Waals surface area contributed by atoms with Crippen molar-refractivity contribution in [1.82, 2.24) is 5.32 Å². The van der Waals surface area contributed by atoms with Crippen LogP contribution in [0.4, 0.5) is 0 Å². The Morgan fingerprint density at radius 3 is 1.41 bits per heavy atom. The van der Waals surface area contributed by atoms with Crippen LogP contribution in [0, 0.1) is 0 Å².